The maximum atomic E-state index is 12.3. The first-order chi connectivity index (χ1) is 9.13. The summed E-state index contributed by atoms with van der Waals surface area (Å²) >= 11 is 9.46. The van der Waals surface area contributed by atoms with Gasteiger partial charge in [-0.05, 0) is 46.8 Å². The quantitative estimate of drug-likeness (QED) is 0.879. The molecule has 3 nitrogen and oxygen atoms in total. The van der Waals surface area contributed by atoms with Gasteiger partial charge in [-0.25, -0.2) is 0 Å². The molecule has 0 aliphatic heterocycles. The number of nitrogens with two attached hydrogens (primary N) is 1. The van der Waals surface area contributed by atoms with E-state index in [2.05, 4.69) is 21.2 Å². The minimum absolute atomic E-state index is 0.0463. The van der Waals surface area contributed by atoms with Crippen LogP contribution in [0.1, 0.15) is 36.0 Å². The van der Waals surface area contributed by atoms with Gasteiger partial charge in [0.1, 0.15) is 0 Å². The predicted molar refractivity (Wildman–Crippen MR) is 81.4 cm³/mol. The number of carbonyl (C=O) groups excluding carboxylic acids is 1. The summed E-state index contributed by atoms with van der Waals surface area (Å²) in [6, 6.07) is 5.39. The van der Waals surface area contributed by atoms with Crippen LogP contribution in [0.4, 0.5) is 0 Å². The highest BCUT2D eigenvalue weighted by molar-refractivity contribution is 9.10. The maximum Gasteiger partial charge on any atom is 0.253 e. The minimum Gasteiger partial charge on any atom is -0.348 e. The first-order valence-corrected chi connectivity index (χ1v) is 7.75. The molecule has 2 rings (SSSR count). The van der Waals surface area contributed by atoms with Crippen LogP contribution >= 0.6 is 27.5 Å². The molecule has 0 heterocycles. The van der Waals surface area contributed by atoms with Gasteiger partial charge in [0.15, 0.2) is 0 Å². The summed E-state index contributed by atoms with van der Waals surface area (Å²) in [6.45, 7) is 0.474. The molecule has 1 amide bonds. The van der Waals surface area contributed by atoms with Gasteiger partial charge in [0.05, 0.1) is 10.6 Å². The molecular weight excluding hydrogens is 328 g/mol. The summed E-state index contributed by atoms with van der Waals surface area (Å²) in [5.74, 6) is 0.355. The molecule has 19 heavy (non-hydrogen) atoms. The van der Waals surface area contributed by atoms with E-state index >= 15 is 0 Å². The smallest absolute Gasteiger partial charge is 0.253 e. The Balaban J connectivity index is 2.08. The lowest BCUT2D eigenvalue weighted by Crippen LogP contribution is -2.44. The van der Waals surface area contributed by atoms with Crippen LogP contribution in [0.15, 0.2) is 22.7 Å². The lowest BCUT2D eigenvalue weighted by molar-refractivity contribution is 0.0924. The van der Waals surface area contributed by atoms with E-state index in [1.807, 2.05) is 6.07 Å². The zero-order valence-electron chi connectivity index (χ0n) is 10.7. The highest BCUT2D eigenvalue weighted by Crippen LogP contribution is 2.29. The highest BCUT2D eigenvalue weighted by atomic mass is 79.9. The van der Waals surface area contributed by atoms with Crippen LogP contribution in [0.3, 0.4) is 0 Å². The Morgan fingerprint density at radius 1 is 1.47 bits per heavy atom. The molecule has 5 heteroatoms. The van der Waals surface area contributed by atoms with Crippen molar-refractivity contribution in [3.8, 4) is 0 Å². The van der Waals surface area contributed by atoms with E-state index in [1.165, 1.54) is 12.8 Å². The Hall–Kier alpha value is -0.580. The highest BCUT2D eigenvalue weighted by Gasteiger charge is 2.26. The Morgan fingerprint density at radius 2 is 2.16 bits per heavy atom. The second-order valence-electron chi connectivity index (χ2n) is 4.96. The molecule has 1 aromatic carbocycles. The van der Waals surface area contributed by atoms with Crippen LogP contribution < -0.4 is 11.1 Å². The monoisotopic (exact) mass is 344 g/mol. The third kappa shape index (κ3) is 3.50. The average molecular weight is 346 g/mol. The summed E-state index contributed by atoms with van der Waals surface area (Å²) in [7, 11) is 0. The van der Waals surface area contributed by atoms with Crippen LogP contribution in [-0.2, 0) is 0 Å². The lowest BCUT2D eigenvalue weighted by atomic mass is 9.98. The number of halogens is 2. The number of benzene rings is 1. The van der Waals surface area contributed by atoms with Crippen molar-refractivity contribution in [3.05, 3.63) is 33.3 Å². The normalized spacial score (nSPS) is 17.4. The van der Waals surface area contributed by atoms with E-state index in [0.717, 1.165) is 17.3 Å². The van der Waals surface area contributed by atoms with Crippen molar-refractivity contribution in [2.75, 3.05) is 6.54 Å². The van der Waals surface area contributed by atoms with E-state index in [-0.39, 0.29) is 11.9 Å². The van der Waals surface area contributed by atoms with Crippen molar-refractivity contribution < 1.29 is 4.79 Å². The van der Waals surface area contributed by atoms with Crippen LogP contribution in [0, 0.1) is 5.92 Å². The van der Waals surface area contributed by atoms with E-state index in [4.69, 9.17) is 17.3 Å². The van der Waals surface area contributed by atoms with Crippen molar-refractivity contribution in [2.45, 2.75) is 31.7 Å². The van der Waals surface area contributed by atoms with E-state index in [9.17, 15) is 4.79 Å². The lowest BCUT2D eigenvalue weighted by Gasteiger charge is -2.23. The summed E-state index contributed by atoms with van der Waals surface area (Å²) in [4.78, 5) is 12.3. The van der Waals surface area contributed by atoms with E-state index < -0.39 is 0 Å². The Morgan fingerprint density at radius 3 is 2.79 bits per heavy atom. The standard InChI is InChI=1S/C14H18BrClN2O/c15-11-7-3-6-10(13(11)16)14(19)18-12(8-17)9-4-1-2-5-9/h3,6-7,9,12H,1-2,4-5,8,17H2,(H,18,19). The largest absolute Gasteiger partial charge is 0.348 e. The number of carbonyl (C=O) groups is 1. The summed E-state index contributed by atoms with van der Waals surface area (Å²) < 4.78 is 0.729. The maximum absolute atomic E-state index is 12.3. The minimum atomic E-state index is -0.145. The van der Waals surface area contributed by atoms with Gasteiger partial charge in [-0.1, -0.05) is 30.5 Å². The Labute approximate surface area is 127 Å². The van der Waals surface area contributed by atoms with Gasteiger partial charge in [0.25, 0.3) is 5.91 Å². The topological polar surface area (TPSA) is 55.1 Å². The molecule has 0 radical (unpaired) electrons. The van der Waals surface area contributed by atoms with Crippen LogP contribution in [0.2, 0.25) is 5.02 Å². The van der Waals surface area contributed by atoms with Gasteiger partial charge in [-0.3, -0.25) is 4.79 Å². The molecule has 3 N–H and O–H groups in total. The summed E-state index contributed by atoms with van der Waals surface area (Å²) in [5, 5.41) is 3.47. The second kappa shape index (κ2) is 6.73. The molecule has 0 saturated heterocycles. The second-order valence-corrected chi connectivity index (χ2v) is 6.19. The summed E-state index contributed by atoms with van der Waals surface area (Å²) in [6.07, 6.45) is 4.76. The summed E-state index contributed by atoms with van der Waals surface area (Å²) in [5.41, 5.74) is 6.28. The number of hydrogen-bond acceptors (Lipinski definition) is 2. The molecular formula is C14H18BrClN2O. The molecule has 1 aliphatic rings. The van der Waals surface area contributed by atoms with Crippen molar-refractivity contribution in [1.29, 1.82) is 0 Å². The van der Waals surface area contributed by atoms with Crippen molar-refractivity contribution in [1.82, 2.24) is 5.32 Å². The van der Waals surface area contributed by atoms with Gasteiger partial charge in [0.2, 0.25) is 0 Å². The fraction of sp³-hybridized carbons (Fsp3) is 0.500. The van der Waals surface area contributed by atoms with Crippen molar-refractivity contribution in [2.24, 2.45) is 11.7 Å². The van der Waals surface area contributed by atoms with Crippen LogP contribution in [0.5, 0.6) is 0 Å². The molecule has 0 bridgehead atoms. The molecule has 1 saturated carbocycles. The SMILES string of the molecule is NCC(NC(=O)c1cccc(Br)c1Cl)C1CCCC1. The zero-order chi connectivity index (χ0) is 13.8. The fourth-order valence-electron chi connectivity index (χ4n) is 2.65. The number of amides is 1. The Bertz CT molecular complexity index is 461. The first kappa shape index (κ1) is 14.8. The molecule has 1 atom stereocenters. The third-order valence-corrected chi connectivity index (χ3v) is 5.03. The number of nitrogens with one attached hydrogen (secondary N) is 1. The van der Waals surface area contributed by atoms with Crippen LogP contribution in [-0.4, -0.2) is 18.5 Å². The van der Waals surface area contributed by atoms with E-state index in [1.54, 1.807) is 12.1 Å². The predicted octanol–water partition coefficient (Wildman–Crippen LogP) is 3.35. The molecule has 1 aliphatic carbocycles. The molecule has 1 unspecified atom stereocenters. The van der Waals surface area contributed by atoms with Gasteiger partial charge >= 0.3 is 0 Å². The third-order valence-electron chi connectivity index (χ3n) is 3.74. The van der Waals surface area contributed by atoms with Crippen molar-refractivity contribution >= 4 is 33.4 Å². The average Bonchev–Trinajstić information content (AvgIpc) is 2.92. The molecule has 104 valence electrons. The van der Waals surface area contributed by atoms with Crippen molar-refractivity contribution in [3.63, 3.8) is 0 Å². The van der Waals surface area contributed by atoms with Gasteiger partial charge < -0.3 is 11.1 Å². The molecule has 0 spiro atoms. The van der Waals surface area contributed by atoms with E-state index in [0.29, 0.717) is 23.0 Å². The van der Waals surface area contributed by atoms with Gasteiger partial charge in [-0.2, -0.15) is 0 Å². The molecule has 1 fully saturated rings. The zero-order valence-corrected chi connectivity index (χ0v) is 13.0. The number of hydrogen-bond donors (Lipinski definition) is 2. The molecule has 1 aromatic rings. The molecule has 0 aromatic heterocycles. The first-order valence-electron chi connectivity index (χ1n) is 6.58. The Kier molecular flexibility index (Phi) is 5.25. The van der Waals surface area contributed by atoms with Gasteiger partial charge in [0, 0.05) is 17.1 Å². The van der Waals surface area contributed by atoms with Crippen LogP contribution in [0.25, 0.3) is 0 Å². The van der Waals surface area contributed by atoms with Gasteiger partial charge in [-0.15, -0.1) is 0 Å². The number of rotatable bonds is 4. The fourth-order valence-corrected chi connectivity index (χ4v) is 3.23.